The largest absolute Gasteiger partial charge is 0.478 e. The fourth-order valence-corrected chi connectivity index (χ4v) is 3.19. The zero-order chi connectivity index (χ0) is 19.5. The summed E-state index contributed by atoms with van der Waals surface area (Å²) in [5, 5.41) is 12.9. The van der Waals surface area contributed by atoms with Crippen LogP contribution in [0.25, 0.3) is 10.9 Å². The molecule has 0 fully saturated rings. The summed E-state index contributed by atoms with van der Waals surface area (Å²) < 4.78 is 1.97. The van der Waals surface area contributed by atoms with Gasteiger partial charge in [0.15, 0.2) is 0 Å². The Kier molecular flexibility index (Phi) is 4.60. The molecular formula is C22H17N3O3. The van der Waals surface area contributed by atoms with Crippen LogP contribution in [-0.2, 0) is 6.54 Å². The number of nitrogens with zero attached hydrogens (tertiary/aromatic N) is 2. The minimum Gasteiger partial charge on any atom is -0.478 e. The number of carbonyl (C=O) groups excluding carboxylic acids is 1. The number of anilines is 1. The average Bonchev–Trinajstić information content (AvgIpc) is 3.08. The van der Waals surface area contributed by atoms with Crippen molar-refractivity contribution in [3.63, 3.8) is 0 Å². The summed E-state index contributed by atoms with van der Waals surface area (Å²) in [6.07, 6.45) is 3.51. The zero-order valence-corrected chi connectivity index (χ0v) is 14.9. The Labute approximate surface area is 161 Å². The number of para-hydroxylation sites is 2. The monoisotopic (exact) mass is 371 g/mol. The van der Waals surface area contributed by atoms with E-state index in [9.17, 15) is 14.7 Å². The Morgan fingerprint density at radius 1 is 0.929 bits per heavy atom. The molecule has 4 rings (SSSR count). The Morgan fingerprint density at radius 3 is 2.46 bits per heavy atom. The lowest BCUT2D eigenvalue weighted by Gasteiger charge is -2.07. The first kappa shape index (κ1) is 17.5. The minimum atomic E-state index is -1.09. The molecule has 4 aromatic rings. The number of benzene rings is 2. The first-order valence-corrected chi connectivity index (χ1v) is 8.75. The van der Waals surface area contributed by atoms with Gasteiger partial charge in [0.25, 0.3) is 5.91 Å². The molecule has 6 heteroatoms. The number of carboxylic acids is 1. The van der Waals surface area contributed by atoms with Crippen molar-refractivity contribution in [2.75, 3.05) is 5.32 Å². The summed E-state index contributed by atoms with van der Waals surface area (Å²) in [7, 11) is 0. The molecule has 0 aliphatic rings. The molecule has 0 unspecified atom stereocenters. The second-order valence-electron chi connectivity index (χ2n) is 6.31. The Bertz CT molecular complexity index is 1170. The quantitative estimate of drug-likeness (QED) is 0.555. The Morgan fingerprint density at radius 2 is 1.68 bits per heavy atom. The summed E-state index contributed by atoms with van der Waals surface area (Å²) in [5.41, 5.74) is 2.58. The fourth-order valence-electron chi connectivity index (χ4n) is 3.19. The topological polar surface area (TPSA) is 84.2 Å². The molecule has 0 saturated carbocycles. The standard InChI is InChI=1S/C22H17N3O3/c26-21(24-19-10-3-1-9-17(19)22(27)28)18-14-25(13-15-7-5-6-12-23-15)20-11-4-2-8-16(18)20/h1-12,14H,13H2,(H,24,26)(H,27,28). The Hall–Kier alpha value is -3.93. The lowest BCUT2D eigenvalue weighted by molar-refractivity contribution is 0.0698. The molecule has 0 aliphatic heterocycles. The third-order valence-corrected chi connectivity index (χ3v) is 4.50. The maximum atomic E-state index is 12.9. The van der Waals surface area contributed by atoms with Crippen molar-refractivity contribution in [3.05, 3.63) is 95.9 Å². The molecule has 1 amide bonds. The van der Waals surface area contributed by atoms with Crippen LogP contribution in [0.3, 0.4) is 0 Å². The van der Waals surface area contributed by atoms with E-state index in [0.29, 0.717) is 12.1 Å². The second kappa shape index (κ2) is 7.36. The Balaban J connectivity index is 1.71. The van der Waals surface area contributed by atoms with Gasteiger partial charge in [0.1, 0.15) is 0 Å². The van der Waals surface area contributed by atoms with E-state index in [0.717, 1.165) is 16.6 Å². The zero-order valence-electron chi connectivity index (χ0n) is 14.9. The van der Waals surface area contributed by atoms with Crippen molar-refractivity contribution in [2.24, 2.45) is 0 Å². The molecule has 28 heavy (non-hydrogen) atoms. The lowest BCUT2D eigenvalue weighted by Crippen LogP contribution is -2.14. The van der Waals surface area contributed by atoms with E-state index in [4.69, 9.17) is 0 Å². The van der Waals surface area contributed by atoms with Crippen molar-refractivity contribution in [1.29, 1.82) is 0 Å². The summed E-state index contributed by atoms with van der Waals surface area (Å²) >= 11 is 0. The SMILES string of the molecule is O=C(O)c1ccccc1NC(=O)c1cn(Cc2ccccn2)c2ccccc12. The summed E-state index contributed by atoms with van der Waals surface area (Å²) in [6, 6.07) is 19.7. The normalized spacial score (nSPS) is 10.7. The molecule has 0 radical (unpaired) electrons. The number of nitrogens with one attached hydrogen (secondary N) is 1. The van der Waals surface area contributed by atoms with Crippen LogP contribution in [0, 0.1) is 0 Å². The highest BCUT2D eigenvalue weighted by atomic mass is 16.4. The van der Waals surface area contributed by atoms with Crippen LogP contribution in [0.1, 0.15) is 26.4 Å². The van der Waals surface area contributed by atoms with Gasteiger partial charge in [-0.3, -0.25) is 9.78 Å². The number of amides is 1. The number of aromatic nitrogens is 2. The molecular weight excluding hydrogens is 354 g/mol. The number of hydrogen-bond donors (Lipinski definition) is 2. The van der Waals surface area contributed by atoms with E-state index in [1.807, 2.05) is 47.0 Å². The van der Waals surface area contributed by atoms with Gasteiger partial charge < -0.3 is 15.0 Å². The van der Waals surface area contributed by atoms with Crippen molar-refractivity contribution in [3.8, 4) is 0 Å². The molecule has 2 aromatic heterocycles. The molecule has 138 valence electrons. The third-order valence-electron chi connectivity index (χ3n) is 4.50. The summed E-state index contributed by atoms with van der Waals surface area (Å²) in [4.78, 5) is 28.7. The van der Waals surface area contributed by atoms with Gasteiger partial charge in [-0.2, -0.15) is 0 Å². The van der Waals surface area contributed by atoms with Crippen LogP contribution in [0.15, 0.2) is 79.1 Å². The molecule has 2 heterocycles. The van der Waals surface area contributed by atoms with Gasteiger partial charge in [-0.1, -0.05) is 36.4 Å². The smallest absolute Gasteiger partial charge is 0.337 e. The van der Waals surface area contributed by atoms with Crippen molar-refractivity contribution in [1.82, 2.24) is 9.55 Å². The maximum Gasteiger partial charge on any atom is 0.337 e. The van der Waals surface area contributed by atoms with Crippen LogP contribution in [-0.4, -0.2) is 26.5 Å². The molecule has 0 bridgehead atoms. The molecule has 0 spiro atoms. The number of pyridine rings is 1. The van der Waals surface area contributed by atoms with Crippen LogP contribution < -0.4 is 5.32 Å². The second-order valence-corrected chi connectivity index (χ2v) is 6.31. The van der Waals surface area contributed by atoms with E-state index in [1.54, 1.807) is 30.6 Å². The van der Waals surface area contributed by atoms with Gasteiger partial charge in [-0.15, -0.1) is 0 Å². The molecule has 0 saturated heterocycles. The van der Waals surface area contributed by atoms with E-state index < -0.39 is 5.97 Å². The van der Waals surface area contributed by atoms with Crippen LogP contribution in [0.4, 0.5) is 5.69 Å². The van der Waals surface area contributed by atoms with E-state index in [-0.39, 0.29) is 17.2 Å². The number of aromatic carboxylic acids is 1. The number of fused-ring (bicyclic) bond motifs is 1. The average molecular weight is 371 g/mol. The van der Waals surface area contributed by atoms with Gasteiger partial charge in [-0.05, 0) is 30.3 Å². The molecule has 2 aromatic carbocycles. The lowest BCUT2D eigenvalue weighted by atomic mass is 10.1. The first-order chi connectivity index (χ1) is 13.6. The molecule has 0 atom stereocenters. The summed E-state index contributed by atoms with van der Waals surface area (Å²) in [5.74, 6) is -1.45. The molecule has 6 nitrogen and oxygen atoms in total. The van der Waals surface area contributed by atoms with Crippen molar-refractivity contribution >= 4 is 28.5 Å². The number of hydrogen-bond acceptors (Lipinski definition) is 3. The highest BCUT2D eigenvalue weighted by Gasteiger charge is 2.18. The van der Waals surface area contributed by atoms with Crippen molar-refractivity contribution < 1.29 is 14.7 Å². The number of carboxylic acid groups (broad SMARTS) is 1. The minimum absolute atomic E-state index is 0.0491. The highest BCUT2D eigenvalue weighted by molar-refractivity contribution is 6.14. The van der Waals surface area contributed by atoms with Gasteiger partial charge in [-0.25, -0.2) is 4.79 Å². The van der Waals surface area contributed by atoms with Gasteiger partial charge in [0.2, 0.25) is 0 Å². The van der Waals surface area contributed by atoms with Crippen LogP contribution >= 0.6 is 0 Å². The maximum absolute atomic E-state index is 12.9. The molecule has 2 N–H and O–H groups in total. The molecule has 0 aliphatic carbocycles. The van der Waals surface area contributed by atoms with Crippen molar-refractivity contribution in [2.45, 2.75) is 6.54 Å². The predicted molar refractivity (Wildman–Crippen MR) is 107 cm³/mol. The van der Waals surface area contributed by atoms with Crippen LogP contribution in [0.2, 0.25) is 0 Å². The first-order valence-electron chi connectivity index (χ1n) is 8.75. The van der Waals surface area contributed by atoms with Crippen LogP contribution in [0.5, 0.6) is 0 Å². The van der Waals surface area contributed by atoms with E-state index >= 15 is 0 Å². The van der Waals surface area contributed by atoms with E-state index in [2.05, 4.69) is 10.3 Å². The van der Waals surface area contributed by atoms with E-state index in [1.165, 1.54) is 6.07 Å². The van der Waals surface area contributed by atoms with Gasteiger partial charge >= 0.3 is 5.97 Å². The fraction of sp³-hybridized carbons (Fsp3) is 0.0455. The van der Waals surface area contributed by atoms with Gasteiger partial charge in [0.05, 0.1) is 29.1 Å². The highest BCUT2D eigenvalue weighted by Crippen LogP contribution is 2.24. The third kappa shape index (κ3) is 3.35. The summed E-state index contributed by atoms with van der Waals surface area (Å²) in [6.45, 7) is 0.528. The van der Waals surface area contributed by atoms with Gasteiger partial charge in [0, 0.05) is 23.3 Å². The number of rotatable bonds is 5. The number of carbonyl (C=O) groups is 2. The predicted octanol–water partition coefficient (Wildman–Crippen LogP) is 4.04.